The van der Waals surface area contributed by atoms with E-state index in [0.29, 0.717) is 24.2 Å². The fourth-order valence-corrected chi connectivity index (χ4v) is 3.85. The molecule has 0 saturated carbocycles. The molecule has 1 heterocycles. The molecule has 2 amide bonds. The number of benzene rings is 2. The number of nitrogens with zero attached hydrogens (tertiary/aromatic N) is 1. The molecular weight excluding hydrogens is 362 g/mol. The Bertz CT molecular complexity index is 904. The number of primary amides is 1. The average molecular weight is 392 g/mol. The van der Waals surface area contributed by atoms with Crippen LogP contribution < -0.4 is 11.1 Å². The molecule has 3 N–H and O–H groups in total. The highest BCUT2D eigenvalue weighted by atomic mass is 16.2. The Morgan fingerprint density at radius 1 is 0.897 bits per heavy atom. The number of amides is 2. The minimum atomic E-state index is -0.429. The van der Waals surface area contributed by atoms with E-state index >= 15 is 0 Å². The van der Waals surface area contributed by atoms with Crippen molar-refractivity contribution < 1.29 is 9.59 Å². The van der Waals surface area contributed by atoms with Gasteiger partial charge in [0.25, 0.3) is 5.91 Å². The molecule has 5 heteroatoms. The zero-order valence-corrected chi connectivity index (χ0v) is 17.2. The van der Waals surface area contributed by atoms with Crippen molar-refractivity contribution in [1.82, 2.24) is 10.2 Å². The van der Waals surface area contributed by atoms with E-state index in [9.17, 15) is 9.59 Å². The summed E-state index contributed by atoms with van der Waals surface area (Å²) < 4.78 is 0. The van der Waals surface area contributed by atoms with Crippen LogP contribution in [0.3, 0.4) is 0 Å². The van der Waals surface area contributed by atoms with Crippen LogP contribution in [0.5, 0.6) is 0 Å². The maximum atomic E-state index is 12.6. The van der Waals surface area contributed by atoms with Crippen molar-refractivity contribution in [1.29, 1.82) is 0 Å². The Hall–Kier alpha value is -2.92. The summed E-state index contributed by atoms with van der Waals surface area (Å²) in [5, 5.41) is 3.39. The lowest BCUT2D eigenvalue weighted by atomic mass is 9.88. The third-order valence-electron chi connectivity index (χ3n) is 5.47. The molecule has 0 aromatic heterocycles. The summed E-state index contributed by atoms with van der Waals surface area (Å²) >= 11 is 0. The maximum absolute atomic E-state index is 12.6. The zero-order valence-electron chi connectivity index (χ0n) is 17.2. The number of carbonyl (C=O) groups excluding carboxylic acids is 2. The number of piperidine rings is 1. The van der Waals surface area contributed by atoms with E-state index in [0.717, 1.165) is 42.6 Å². The van der Waals surface area contributed by atoms with Crippen molar-refractivity contribution in [2.45, 2.75) is 26.7 Å². The lowest BCUT2D eigenvalue weighted by molar-refractivity contribution is 0.0772. The molecule has 0 bridgehead atoms. The van der Waals surface area contributed by atoms with Crippen LogP contribution in [-0.4, -0.2) is 42.9 Å². The lowest BCUT2D eigenvalue weighted by Crippen LogP contribution is -2.30. The molecule has 0 spiro atoms. The van der Waals surface area contributed by atoms with Crippen molar-refractivity contribution in [2.24, 2.45) is 5.73 Å². The Morgan fingerprint density at radius 3 is 2.07 bits per heavy atom. The summed E-state index contributed by atoms with van der Waals surface area (Å²) in [5.74, 6) is -0.380. The van der Waals surface area contributed by atoms with Gasteiger partial charge in [-0.15, -0.1) is 0 Å². The Kier molecular flexibility index (Phi) is 6.83. The molecule has 1 aliphatic heterocycles. The molecule has 1 saturated heterocycles. The highest BCUT2D eigenvalue weighted by Gasteiger charge is 2.17. The van der Waals surface area contributed by atoms with Crippen molar-refractivity contribution in [2.75, 3.05) is 26.2 Å². The highest BCUT2D eigenvalue weighted by molar-refractivity contribution is 5.96. The smallest absolute Gasteiger partial charge is 0.253 e. The van der Waals surface area contributed by atoms with Crippen LogP contribution in [0.4, 0.5) is 0 Å². The molecule has 29 heavy (non-hydrogen) atoms. The maximum Gasteiger partial charge on any atom is 0.253 e. The first-order chi connectivity index (χ1) is 14.0. The molecule has 1 fully saturated rings. The number of carbonyl (C=O) groups is 2. The zero-order chi connectivity index (χ0) is 20.8. The second kappa shape index (κ2) is 9.52. The molecule has 2 aromatic rings. The number of hydrogen-bond acceptors (Lipinski definition) is 3. The van der Waals surface area contributed by atoms with E-state index in [2.05, 4.69) is 5.32 Å². The van der Waals surface area contributed by atoms with Crippen LogP contribution >= 0.6 is 0 Å². The molecule has 5 nitrogen and oxygen atoms in total. The van der Waals surface area contributed by atoms with Crippen molar-refractivity contribution in [3.05, 3.63) is 76.4 Å². The molecule has 152 valence electrons. The predicted octanol–water partition coefficient (Wildman–Crippen LogP) is 3.45. The number of nitrogens with one attached hydrogen (secondary N) is 1. The van der Waals surface area contributed by atoms with Crippen LogP contribution in [0.1, 0.15) is 58.5 Å². The van der Waals surface area contributed by atoms with Crippen molar-refractivity contribution in [3.8, 4) is 0 Å². The van der Waals surface area contributed by atoms with Crippen molar-refractivity contribution in [3.63, 3.8) is 0 Å². The van der Waals surface area contributed by atoms with Gasteiger partial charge in [-0.05, 0) is 80.7 Å². The highest BCUT2D eigenvalue weighted by Crippen LogP contribution is 2.32. The largest absolute Gasteiger partial charge is 0.366 e. The standard InChI is InChI=1S/C24H29N3O2/c1-3-27(4-2)24(29)19-10-8-17(9-11-19)22(18-12-14-26-15-13-18)20-6-5-7-21(16-20)23(25)28/h5-11,16,26H,3-4,12-15H2,1-2H3,(H2,25,28). The van der Waals surface area contributed by atoms with E-state index in [1.807, 2.05) is 61.2 Å². The van der Waals surface area contributed by atoms with Crippen molar-refractivity contribution >= 4 is 17.4 Å². The average Bonchev–Trinajstić information content (AvgIpc) is 2.76. The number of rotatable bonds is 6. The number of hydrogen-bond donors (Lipinski definition) is 2. The summed E-state index contributed by atoms with van der Waals surface area (Å²) in [4.78, 5) is 26.1. The van der Waals surface area contributed by atoms with Gasteiger partial charge in [-0.3, -0.25) is 9.59 Å². The molecular formula is C24H29N3O2. The fourth-order valence-electron chi connectivity index (χ4n) is 3.85. The van der Waals surface area contributed by atoms with Gasteiger partial charge in [-0.25, -0.2) is 0 Å². The van der Waals surface area contributed by atoms with Crippen LogP contribution in [0.2, 0.25) is 0 Å². The third kappa shape index (κ3) is 4.74. The Labute approximate surface area is 172 Å². The summed E-state index contributed by atoms with van der Waals surface area (Å²) in [6, 6.07) is 15.3. The van der Waals surface area contributed by atoms with E-state index in [1.165, 1.54) is 5.57 Å². The Morgan fingerprint density at radius 2 is 1.48 bits per heavy atom. The topological polar surface area (TPSA) is 75.4 Å². The second-order valence-electron chi connectivity index (χ2n) is 7.23. The molecule has 3 rings (SSSR count). The number of nitrogens with two attached hydrogens (primary N) is 1. The first-order valence-corrected chi connectivity index (χ1v) is 10.3. The minimum Gasteiger partial charge on any atom is -0.366 e. The van der Waals surface area contributed by atoms with Gasteiger partial charge in [0, 0.05) is 24.2 Å². The van der Waals surface area contributed by atoms with Crippen LogP contribution in [-0.2, 0) is 0 Å². The molecule has 0 aliphatic carbocycles. The quantitative estimate of drug-likeness (QED) is 0.792. The second-order valence-corrected chi connectivity index (χ2v) is 7.23. The van der Waals surface area contributed by atoms with Gasteiger partial charge >= 0.3 is 0 Å². The van der Waals surface area contributed by atoms with Gasteiger partial charge < -0.3 is 16.0 Å². The van der Waals surface area contributed by atoms with Gasteiger partial charge in [0.2, 0.25) is 5.91 Å². The van der Waals surface area contributed by atoms with E-state index in [4.69, 9.17) is 5.73 Å². The minimum absolute atomic E-state index is 0.0494. The van der Waals surface area contributed by atoms with Crippen LogP contribution in [0, 0.1) is 0 Å². The van der Waals surface area contributed by atoms with Gasteiger partial charge in [-0.2, -0.15) is 0 Å². The van der Waals surface area contributed by atoms with Gasteiger partial charge in [0.1, 0.15) is 0 Å². The molecule has 0 atom stereocenters. The summed E-state index contributed by atoms with van der Waals surface area (Å²) in [6.45, 7) is 7.24. The van der Waals surface area contributed by atoms with Gasteiger partial charge in [-0.1, -0.05) is 29.8 Å². The molecule has 0 radical (unpaired) electrons. The molecule has 0 unspecified atom stereocenters. The van der Waals surface area contributed by atoms with E-state index in [-0.39, 0.29) is 5.91 Å². The summed E-state index contributed by atoms with van der Waals surface area (Å²) in [7, 11) is 0. The van der Waals surface area contributed by atoms with Gasteiger partial charge in [0.15, 0.2) is 0 Å². The molecule has 1 aliphatic rings. The lowest BCUT2D eigenvalue weighted by Gasteiger charge is -2.22. The normalized spacial score (nSPS) is 13.8. The van der Waals surface area contributed by atoms with E-state index in [1.54, 1.807) is 6.07 Å². The summed E-state index contributed by atoms with van der Waals surface area (Å²) in [5.41, 5.74) is 11.2. The third-order valence-corrected chi connectivity index (χ3v) is 5.47. The SMILES string of the molecule is CCN(CC)C(=O)c1ccc(C(=C2CCNCC2)c2cccc(C(N)=O)c2)cc1. The van der Waals surface area contributed by atoms with Gasteiger partial charge in [0.05, 0.1) is 0 Å². The Balaban J connectivity index is 2.03. The first kappa shape index (κ1) is 20.8. The van der Waals surface area contributed by atoms with E-state index < -0.39 is 5.91 Å². The van der Waals surface area contributed by atoms with Crippen LogP contribution in [0.15, 0.2) is 54.1 Å². The monoisotopic (exact) mass is 391 g/mol. The summed E-state index contributed by atoms with van der Waals surface area (Å²) in [6.07, 6.45) is 1.91. The fraction of sp³-hybridized carbons (Fsp3) is 0.333. The predicted molar refractivity (Wildman–Crippen MR) is 117 cm³/mol. The van der Waals surface area contributed by atoms with Crippen LogP contribution in [0.25, 0.3) is 5.57 Å². The molecule has 2 aromatic carbocycles. The first-order valence-electron chi connectivity index (χ1n) is 10.3.